The molecule has 0 spiro atoms. The number of nitrogens with zero attached hydrogens (tertiary/aromatic N) is 2. The van der Waals surface area contributed by atoms with Crippen LogP contribution in [0.1, 0.15) is 48.9 Å². The first kappa shape index (κ1) is 23.9. The van der Waals surface area contributed by atoms with Gasteiger partial charge in [-0.3, -0.25) is 4.99 Å². The topological polar surface area (TPSA) is 24.8 Å². The van der Waals surface area contributed by atoms with Crippen LogP contribution in [-0.4, -0.2) is 12.8 Å². The highest BCUT2D eigenvalue weighted by atomic mass is 16.5. The van der Waals surface area contributed by atoms with Gasteiger partial charge in [0.2, 0.25) is 0 Å². The van der Waals surface area contributed by atoms with Crippen LogP contribution in [0.25, 0.3) is 0 Å². The molecule has 182 valence electrons. The predicted molar refractivity (Wildman–Crippen MR) is 150 cm³/mol. The smallest absolute Gasteiger partial charge is 0.119 e. The van der Waals surface area contributed by atoms with Gasteiger partial charge in [0, 0.05) is 23.7 Å². The number of hydrogen-bond donors (Lipinski definition) is 0. The van der Waals surface area contributed by atoms with Crippen molar-refractivity contribution in [3.8, 4) is 5.75 Å². The average molecular weight is 475 g/mol. The Morgan fingerprint density at radius 2 is 1.44 bits per heavy atom. The zero-order chi connectivity index (χ0) is 24.7. The van der Waals surface area contributed by atoms with E-state index in [1.165, 1.54) is 28.1 Å². The maximum atomic E-state index is 5.38. The van der Waals surface area contributed by atoms with E-state index in [1.807, 2.05) is 12.1 Å². The molecule has 0 bridgehead atoms. The highest BCUT2D eigenvalue weighted by Crippen LogP contribution is 2.45. The first-order valence-corrected chi connectivity index (χ1v) is 13.0. The van der Waals surface area contributed by atoms with Gasteiger partial charge in [0.05, 0.1) is 24.6 Å². The van der Waals surface area contributed by atoms with Gasteiger partial charge in [0.15, 0.2) is 0 Å². The fourth-order valence-electron chi connectivity index (χ4n) is 5.34. The van der Waals surface area contributed by atoms with Crippen LogP contribution in [0.4, 0.5) is 11.4 Å². The first-order chi connectivity index (χ1) is 17.8. The number of unbranched alkanes of at least 4 members (excludes halogenated alkanes) is 1. The molecule has 4 aromatic rings. The second-order valence-electron chi connectivity index (χ2n) is 9.43. The molecule has 0 aliphatic carbocycles. The van der Waals surface area contributed by atoms with Gasteiger partial charge in [-0.25, -0.2) is 0 Å². The summed E-state index contributed by atoms with van der Waals surface area (Å²) in [5, 5.41) is 0. The van der Waals surface area contributed by atoms with Gasteiger partial charge in [-0.2, -0.15) is 0 Å². The molecule has 0 amide bonds. The lowest BCUT2D eigenvalue weighted by Gasteiger charge is -2.45. The summed E-state index contributed by atoms with van der Waals surface area (Å²) in [5.41, 5.74) is 7.28. The van der Waals surface area contributed by atoms with Crippen molar-refractivity contribution < 1.29 is 4.74 Å². The van der Waals surface area contributed by atoms with Crippen LogP contribution in [0.15, 0.2) is 114 Å². The number of ether oxygens (including phenoxy) is 1. The van der Waals surface area contributed by atoms with E-state index in [2.05, 4.69) is 109 Å². The molecule has 0 N–H and O–H groups in total. The molecular formula is C33H34N2O. The summed E-state index contributed by atoms with van der Waals surface area (Å²) in [5.74, 6) is 1.12. The molecule has 0 aromatic heterocycles. The molecule has 0 fully saturated rings. The average Bonchev–Trinajstić information content (AvgIpc) is 2.94. The Morgan fingerprint density at radius 1 is 0.778 bits per heavy atom. The maximum absolute atomic E-state index is 5.38. The third kappa shape index (κ3) is 5.06. The van der Waals surface area contributed by atoms with Gasteiger partial charge in [0.25, 0.3) is 0 Å². The largest absolute Gasteiger partial charge is 0.497 e. The quantitative estimate of drug-likeness (QED) is 0.256. The van der Waals surface area contributed by atoms with Crippen molar-refractivity contribution in [1.29, 1.82) is 0 Å². The van der Waals surface area contributed by atoms with E-state index in [9.17, 15) is 0 Å². The SMILES string of the molecule is CCCC[C@@H]1C(=Nc2ccc(OC)cc2)c2ccccc2N(Cc2ccccc2)[C@H]1c1ccccc1. The lowest BCUT2D eigenvalue weighted by atomic mass is 9.77. The molecular weight excluding hydrogens is 440 g/mol. The number of para-hydroxylation sites is 1. The van der Waals surface area contributed by atoms with Crippen LogP contribution >= 0.6 is 0 Å². The fraction of sp³-hybridized carbons (Fsp3) is 0.242. The van der Waals surface area contributed by atoms with E-state index >= 15 is 0 Å². The van der Waals surface area contributed by atoms with E-state index < -0.39 is 0 Å². The van der Waals surface area contributed by atoms with Gasteiger partial charge in [-0.05, 0) is 47.9 Å². The number of methoxy groups -OCH3 is 1. The molecule has 0 radical (unpaired) electrons. The van der Waals surface area contributed by atoms with Gasteiger partial charge >= 0.3 is 0 Å². The van der Waals surface area contributed by atoms with Crippen LogP contribution in [0.5, 0.6) is 5.75 Å². The minimum Gasteiger partial charge on any atom is -0.497 e. The second kappa shape index (κ2) is 11.3. The Bertz CT molecular complexity index is 1280. The predicted octanol–water partition coefficient (Wildman–Crippen LogP) is 8.38. The Kier molecular flexibility index (Phi) is 7.47. The molecule has 36 heavy (non-hydrogen) atoms. The molecule has 2 atom stereocenters. The summed E-state index contributed by atoms with van der Waals surface area (Å²) in [6.07, 6.45) is 3.41. The molecule has 3 heteroatoms. The molecule has 5 rings (SSSR count). The summed E-state index contributed by atoms with van der Waals surface area (Å²) in [7, 11) is 1.70. The molecule has 0 saturated carbocycles. The summed E-state index contributed by atoms with van der Waals surface area (Å²) >= 11 is 0. The number of hydrogen-bond acceptors (Lipinski definition) is 3. The van der Waals surface area contributed by atoms with Crippen molar-refractivity contribution >= 4 is 17.1 Å². The first-order valence-electron chi connectivity index (χ1n) is 13.0. The van der Waals surface area contributed by atoms with Gasteiger partial charge in [-0.15, -0.1) is 0 Å². The summed E-state index contributed by atoms with van der Waals surface area (Å²) in [4.78, 5) is 7.93. The van der Waals surface area contributed by atoms with Gasteiger partial charge < -0.3 is 9.64 Å². The molecule has 0 unspecified atom stereocenters. The maximum Gasteiger partial charge on any atom is 0.119 e. The highest BCUT2D eigenvalue weighted by Gasteiger charge is 2.39. The summed E-state index contributed by atoms with van der Waals surface area (Å²) < 4.78 is 5.38. The van der Waals surface area contributed by atoms with Crippen molar-refractivity contribution in [2.24, 2.45) is 10.9 Å². The van der Waals surface area contributed by atoms with E-state index in [4.69, 9.17) is 9.73 Å². The number of aliphatic imine (C=N–C) groups is 1. The Balaban J connectivity index is 1.69. The number of benzene rings is 4. The minimum atomic E-state index is 0.199. The van der Waals surface area contributed by atoms with Gasteiger partial charge in [-0.1, -0.05) is 98.6 Å². The number of rotatable bonds is 8. The van der Waals surface area contributed by atoms with Crippen molar-refractivity contribution in [1.82, 2.24) is 0 Å². The molecule has 1 heterocycles. The lowest BCUT2D eigenvalue weighted by Crippen LogP contribution is -2.42. The molecule has 4 aromatic carbocycles. The Labute approximate surface area is 215 Å². The van der Waals surface area contributed by atoms with Gasteiger partial charge in [0.1, 0.15) is 5.75 Å². The van der Waals surface area contributed by atoms with E-state index in [0.29, 0.717) is 0 Å². The van der Waals surface area contributed by atoms with E-state index in [1.54, 1.807) is 7.11 Å². The standard InChI is InChI=1S/C33H34N2O/c1-3-4-17-30-32(34-27-20-22-28(36-2)23-21-27)29-18-11-12-19-31(29)35(24-25-13-7-5-8-14-25)33(30)26-15-9-6-10-16-26/h5-16,18-23,30,33H,3-4,17,24H2,1-2H3/t30-,33+/m1/s1. The van der Waals surface area contributed by atoms with E-state index in [-0.39, 0.29) is 12.0 Å². The third-order valence-corrected chi connectivity index (χ3v) is 7.09. The molecule has 3 nitrogen and oxygen atoms in total. The monoisotopic (exact) mass is 474 g/mol. The van der Waals surface area contributed by atoms with E-state index in [0.717, 1.165) is 37.2 Å². The third-order valence-electron chi connectivity index (χ3n) is 7.09. The van der Waals surface area contributed by atoms with Crippen molar-refractivity contribution in [3.63, 3.8) is 0 Å². The van der Waals surface area contributed by atoms with Crippen molar-refractivity contribution in [2.75, 3.05) is 12.0 Å². The zero-order valence-corrected chi connectivity index (χ0v) is 21.2. The van der Waals surface area contributed by atoms with Crippen molar-refractivity contribution in [2.45, 2.75) is 38.8 Å². The molecule has 0 saturated heterocycles. The number of anilines is 1. The molecule has 1 aliphatic rings. The fourth-order valence-corrected chi connectivity index (χ4v) is 5.34. The Morgan fingerprint density at radius 3 is 2.14 bits per heavy atom. The summed E-state index contributed by atoms with van der Waals surface area (Å²) in [6, 6.07) is 38.9. The number of fused-ring (bicyclic) bond motifs is 1. The van der Waals surface area contributed by atoms with Crippen LogP contribution < -0.4 is 9.64 Å². The van der Waals surface area contributed by atoms with Crippen LogP contribution in [0, 0.1) is 5.92 Å². The lowest BCUT2D eigenvalue weighted by molar-refractivity contribution is 0.415. The minimum absolute atomic E-state index is 0.199. The second-order valence-corrected chi connectivity index (χ2v) is 9.43. The van der Waals surface area contributed by atoms with Crippen molar-refractivity contribution in [3.05, 3.63) is 126 Å². The zero-order valence-electron chi connectivity index (χ0n) is 21.2. The molecule has 1 aliphatic heterocycles. The normalized spacial score (nSPS) is 18.2. The van der Waals surface area contributed by atoms with Crippen LogP contribution in [0.3, 0.4) is 0 Å². The van der Waals surface area contributed by atoms with Crippen LogP contribution in [-0.2, 0) is 6.54 Å². The summed E-state index contributed by atoms with van der Waals surface area (Å²) in [6.45, 7) is 3.13. The highest BCUT2D eigenvalue weighted by molar-refractivity contribution is 6.10. The van der Waals surface area contributed by atoms with Crippen LogP contribution in [0.2, 0.25) is 0 Å². The Hall–Kier alpha value is -3.85.